The number of hydrogen-bond donors (Lipinski definition) is 1. The number of benzene rings is 1. The van der Waals surface area contributed by atoms with Gasteiger partial charge in [-0.2, -0.15) is 5.26 Å². The number of likely N-dealkylation sites (tertiary alicyclic amines) is 1. The molecule has 0 saturated carbocycles. The Morgan fingerprint density at radius 3 is 2.82 bits per heavy atom. The second kappa shape index (κ2) is 5.81. The molecule has 0 spiro atoms. The van der Waals surface area contributed by atoms with E-state index < -0.39 is 0 Å². The zero-order valence-corrected chi connectivity index (χ0v) is 10.0. The summed E-state index contributed by atoms with van der Waals surface area (Å²) in [5.74, 6) is -0.0403. The second-order valence-electron chi connectivity index (χ2n) is 4.75. The van der Waals surface area contributed by atoms with Crippen LogP contribution in [0.1, 0.15) is 24.3 Å². The quantitative estimate of drug-likeness (QED) is 0.858. The minimum Gasteiger partial charge on any atom is -0.327 e. The zero-order valence-electron chi connectivity index (χ0n) is 10.0. The molecule has 1 aromatic carbocycles. The molecule has 0 amide bonds. The van der Waals surface area contributed by atoms with Crippen molar-refractivity contribution in [2.45, 2.75) is 24.8 Å². The van der Waals surface area contributed by atoms with Crippen LogP contribution in [-0.4, -0.2) is 30.6 Å². The lowest BCUT2D eigenvalue weighted by Crippen LogP contribution is -2.44. The molecule has 3 nitrogen and oxygen atoms in total. The third-order valence-corrected chi connectivity index (χ3v) is 3.34. The molecule has 2 N–H and O–H groups in total. The first-order valence-corrected chi connectivity index (χ1v) is 6.22. The van der Waals surface area contributed by atoms with Crippen LogP contribution in [0.5, 0.6) is 0 Å². The molecule has 0 bridgehead atoms. The van der Waals surface area contributed by atoms with Crippen molar-refractivity contribution < 1.29 is 0 Å². The Balaban J connectivity index is 1.99. The van der Waals surface area contributed by atoms with Crippen molar-refractivity contribution in [1.82, 2.24) is 4.90 Å². The highest BCUT2D eigenvalue weighted by atomic mass is 15.1. The molecule has 1 aliphatic heterocycles. The van der Waals surface area contributed by atoms with Crippen molar-refractivity contribution in [3.05, 3.63) is 35.9 Å². The predicted octanol–water partition coefficient (Wildman–Crippen LogP) is 1.72. The van der Waals surface area contributed by atoms with E-state index >= 15 is 0 Å². The molecule has 0 radical (unpaired) electrons. The summed E-state index contributed by atoms with van der Waals surface area (Å²) in [6.07, 6.45) is 2.26. The highest BCUT2D eigenvalue weighted by molar-refractivity contribution is 5.25. The highest BCUT2D eigenvalue weighted by Gasteiger charge is 2.20. The van der Waals surface area contributed by atoms with E-state index in [0.29, 0.717) is 0 Å². The normalized spacial score (nSPS) is 22.9. The van der Waals surface area contributed by atoms with Crippen LogP contribution >= 0.6 is 0 Å². The standard InChI is InChI=1S/C14H19N3/c15-9-13(12-5-2-1-3-6-12)10-17-8-4-7-14(16)11-17/h1-3,5-6,13-14H,4,7-8,10-11,16H2. The van der Waals surface area contributed by atoms with Crippen molar-refractivity contribution in [2.75, 3.05) is 19.6 Å². The summed E-state index contributed by atoms with van der Waals surface area (Å²) in [6, 6.07) is 12.7. The van der Waals surface area contributed by atoms with Crippen molar-refractivity contribution in [3.63, 3.8) is 0 Å². The maximum atomic E-state index is 9.27. The first kappa shape index (κ1) is 12.1. The first-order chi connectivity index (χ1) is 8.29. The van der Waals surface area contributed by atoms with Gasteiger partial charge >= 0.3 is 0 Å². The van der Waals surface area contributed by atoms with Crippen LogP contribution in [0, 0.1) is 11.3 Å². The number of nitrogens with two attached hydrogens (primary N) is 1. The number of rotatable bonds is 3. The van der Waals surface area contributed by atoms with E-state index in [2.05, 4.69) is 11.0 Å². The largest absolute Gasteiger partial charge is 0.327 e. The molecule has 1 aromatic rings. The lowest BCUT2D eigenvalue weighted by Gasteiger charge is -2.31. The van der Waals surface area contributed by atoms with Crippen LogP contribution in [0.2, 0.25) is 0 Å². The minimum absolute atomic E-state index is 0.0403. The predicted molar refractivity (Wildman–Crippen MR) is 68.4 cm³/mol. The fourth-order valence-electron chi connectivity index (χ4n) is 2.42. The van der Waals surface area contributed by atoms with Gasteiger partial charge in [0.15, 0.2) is 0 Å². The van der Waals surface area contributed by atoms with Crippen LogP contribution in [0.15, 0.2) is 30.3 Å². The third-order valence-electron chi connectivity index (χ3n) is 3.34. The van der Waals surface area contributed by atoms with Gasteiger partial charge in [-0.05, 0) is 24.9 Å². The molecular formula is C14H19N3. The van der Waals surface area contributed by atoms with Crippen molar-refractivity contribution in [1.29, 1.82) is 5.26 Å². The maximum Gasteiger partial charge on any atom is 0.0839 e. The monoisotopic (exact) mass is 229 g/mol. The summed E-state index contributed by atoms with van der Waals surface area (Å²) in [7, 11) is 0. The molecule has 1 aliphatic rings. The fraction of sp³-hybridized carbons (Fsp3) is 0.500. The van der Waals surface area contributed by atoms with Crippen molar-refractivity contribution in [3.8, 4) is 6.07 Å². The average Bonchev–Trinajstić information content (AvgIpc) is 2.37. The van der Waals surface area contributed by atoms with E-state index in [4.69, 9.17) is 5.73 Å². The van der Waals surface area contributed by atoms with Gasteiger partial charge in [0, 0.05) is 19.1 Å². The highest BCUT2D eigenvalue weighted by Crippen LogP contribution is 2.18. The second-order valence-corrected chi connectivity index (χ2v) is 4.75. The lowest BCUT2D eigenvalue weighted by molar-refractivity contribution is 0.206. The molecular weight excluding hydrogens is 210 g/mol. The molecule has 0 aliphatic carbocycles. The van der Waals surface area contributed by atoms with Crippen molar-refractivity contribution in [2.24, 2.45) is 5.73 Å². The summed E-state index contributed by atoms with van der Waals surface area (Å²) < 4.78 is 0. The van der Waals surface area contributed by atoms with E-state index in [-0.39, 0.29) is 12.0 Å². The Labute approximate surface area is 103 Å². The summed E-state index contributed by atoms with van der Waals surface area (Å²) in [5.41, 5.74) is 7.06. The Kier molecular flexibility index (Phi) is 4.13. The van der Waals surface area contributed by atoms with Crippen molar-refractivity contribution >= 4 is 0 Å². The van der Waals surface area contributed by atoms with E-state index in [1.54, 1.807) is 0 Å². The van der Waals surface area contributed by atoms with Gasteiger partial charge in [-0.25, -0.2) is 0 Å². The zero-order chi connectivity index (χ0) is 12.1. The topological polar surface area (TPSA) is 53.0 Å². The molecule has 2 unspecified atom stereocenters. The minimum atomic E-state index is -0.0403. The third kappa shape index (κ3) is 3.29. The van der Waals surface area contributed by atoms with Gasteiger partial charge in [-0.3, -0.25) is 0 Å². The Morgan fingerprint density at radius 1 is 1.41 bits per heavy atom. The SMILES string of the molecule is N#CC(CN1CCCC(N)C1)c1ccccc1. The average molecular weight is 229 g/mol. The van der Waals surface area contributed by atoms with Crippen LogP contribution in [0.25, 0.3) is 0 Å². The number of piperidine rings is 1. The van der Waals surface area contributed by atoms with Crippen LogP contribution < -0.4 is 5.73 Å². The van der Waals surface area contributed by atoms with Gasteiger partial charge < -0.3 is 10.6 Å². The fourth-order valence-corrected chi connectivity index (χ4v) is 2.42. The maximum absolute atomic E-state index is 9.27. The van der Waals surface area contributed by atoms with E-state index in [9.17, 15) is 5.26 Å². The summed E-state index contributed by atoms with van der Waals surface area (Å²) >= 11 is 0. The smallest absolute Gasteiger partial charge is 0.0839 e. The van der Waals surface area contributed by atoms with Gasteiger partial charge in [-0.1, -0.05) is 30.3 Å². The van der Waals surface area contributed by atoms with Crippen LogP contribution in [-0.2, 0) is 0 Å². The molecule has 2 atom stereocenters. The molecule has 90 valence electrons. The number of nitrogens with zero attached hydrogens (tertiary/aromatic N) is 2. The Hall–Kier alpha value is -1.37. The number of hydrogen-bond acceptors (Lipinski definition) is 3. The van der Waals surface area contributed by atoms with Gasteiger partial charge in [0.25, 0.3) is 0 Å². The molecule has 1 fully saturated rings. The summed E-state index contributed by atoms with van der Waals surface area (Å²) in [6.45, 7) is 2.79. The van der Waals surface area contributed by atoms with Gasteiger partial charge in [0.1, 0.15) is 0 Å². The molecule has 3 heteroatoms. The van der Waals surface area contributed by atoms with E-state index in [0.717, 1.165) is 38.0 Å². The van der Waals surface area contributed by atoms with Gasteiger partial charge in [0.05, 0.1) is 12.0 Å². The summed E-state index contributed by atoms with van der Waals surface area (Å²) in [5, 5.41) is 9.27. The van der Waals surface area contributed by atoms with Gasteiger partial charge in [-0.15, -0.1) is 0 Å². The van der Waals surface area contributed by atoms with E-state index in [1.165, 1.54) is 0 Å². The Morgan fingerprint density at radius 2 is 2.18 bits per heavy atom. The van der Waals surface area contributed by atoms with Crippen LogP contribution in [0.3, 0.4) is 0 Å². The van der Waals surface area contributed by atoms with E-state index in [1.807, 2.05) is 30.3 Å². The molecule has 17 heavy (non-hydrogen) atoms. The van der Waals surface area contributed by atoms with Gasteiger partial charge in [0.2, 0.25) is 0 Å². The Bertz CT molecular complexity index is 382. The summed E-state index contributed by atoms with van der Waals surface area (Å²) in [4.78, 5) is 2.31. The molecule has 0 aromatic heterocycles. The first-order valence-electron chi connectivity index (χ1n) is 6.22. The molecule has 1 heterocycles. The molecule has 2 rings (SSSR count). The van der Waals surface area contributed by atoms with Crippen LogP contribution in [0.4, 0.5) is 0 Å². The lowest BCUT2D eigenvalue weighted by atomic mass is 9.98. The molecule has 1 saturated heterocycles. The number of nitriles is 1.